The van der Waals surface area contributed by atoms with Gasteiger partial charge in [-0.1, -0.05) is 36.2 Å². The van der Waals surface area contributed by atoms with Gasteiger partial charge in [0.05, 0.1) is 22.0 Å². The molecule has 7 heteroatoms. The highest BCUT2D eigenvalue weighted by atomic mass is 35.5. The fourth-order valence-corrected chi connectivity index (χ4v) is 3.91. The van der Waals surface area contributed by atoms with Crippen LogP contribution in [0, 0.1) is 6.92 Å². The first-order valence-corrected chi connectivity index (χ1v) is 9.82. The molecule has 2 aromatic rings. The summed E-state index contributed by atoms with van der Waals surface area (Å²) in [4.78, 5) is 12.0. The first-order chi connectivity index (χ1) is 11.8. The predicted molar refractivity (Wildman–Crippen MR) is 99.9 cm³/mol. The van der Waals surface area contributed by atoms with Crippen LogP contribution in [0.5, 0.6) is 0 Å². The third kappa shape index (κ3) is 4.96. The second kappa shape index (κ2) is 8.36. The number of anilines is 1. The fourth-order valence-electron chi connectivity index (χ4n) is 2.21. The molecule has 0 saturated heterocycles. The number of nitrogens with one attached hydrogen (secondary N) is 2. The molecule has 25 heavy (non-hydrogen) atoms. The highest BCUT2D eigenvalue weighted by Crippen LogP contribution is 2.30. The smallest absolute Gasteiger partial charge is 0.239 e. The van der Waals surface area contributed by atoms with Crippen molar-refractivity contribution in [3.05, 3.63) is 53.1 Å². The van der Waals surface area contributed by atoms with Gasteiger partial charge in [-0.2, -0.15) is 0 Å². The quantitative estimate of drug-likeness (QED) is 0.771. The third-order valence-electron chi connectivity index (χ3n) is 3.58. The van der Waals surface area contributed by atoms with Crippen molar-refractivity contribution in [2.24, 2.45) is 0 Å². The number of hydrogen-bond acceptors (Lipinski definition) is 4. The summed E-state index contributed by atoms with van der Waals surface area (Å²) in [6.45, 7) is 4.41. The average Bonchev–Trinajstić information content (AvgIpc) is 2.59. The Labute approximate surface area is 153 Å². The van der Waals surface area contributed by atoms with Crippen LogP contribution in [-0.4, -0.2) is 27.4 Å². The number of benzene rings is 2. The Morgan fingerprint density at radius 1 is 1.12 bits per heavy atom. The van der Waals surface area contributed by atoms with Gasteiger partial charge in [0.25, 0.3) is 0 Å². The molecule has 0 aromatic heterocycles. The maximum atomic E-state index is 12.9. The normalized spacial score (nSPS) is 11.2. The van der Waals surface area contributed by atoms with E-state index in [2.05, 4.69) is 10.6 Å². The van der Waals surface area contributed by atoms with E-state index in [0.29, 0.717) is 17.3 Å². The molecule has 0 unspecified atom stereocenters. The zero-order valence-corrected chi connectivity index (χ0v) is 15.7. The molecular formula is C18H21ClN2O3S. The molecule has 0 fully saturated rings. The highest BCUT2D eigenvalue weighted by Gasteiger charge is 2.22. The molecule has 0 aliphatic heterocycles. The van der Waals surface area contributed by atoms with E-state index in [0.717, 1.165) is 12.0 Å². The lowest BCUT2D eigenvalue weighted by Crippen LogP contribution is -2.30. The molecule has 0 heterocycles. The number of hydrogen-bond donors (Lipinski definition) is 2. The lowest BCUT2D eigenvalue weighted by Gasteiger charge is -2.13. The summed E-state index contributed by atoms with van der Waals surface area (Å²) in [5.41, 5.74) is 1.31. The van der Waals surface area contributed by atoms with E-state index >= 15 is 0 Å². The van der Waals surface area contributed by atoms with Crippen LogP contribution in [0.4, 0.5) is 5.69 Å². The number of halogens is 1. The Bertz CT molecular complexity index is 849. The van der Waals surface area contributed by atoms with Crippen molar-refractivity contribution in [1.29, 1.82) is 0 Å². The summed E-state index contributed by atoms with van der Waals surface area (Å²) in [6, 6.07) is 11.1. The summed E-state index contributed by atoms with van der Waals surface area (Å²) < 4.78 is 25.9. The zero-order chi connectivity index (χ0) is 18.4. The van der Waals surface area contributed by atoms with E-state index in [1.54, 1.807) is 36.4 Å². The Morgan fingerprint density at radius 3 is 2.44 bits per heavy atom. The lowest BCUT2D eigenvalue weighted by atomic mass is 10.2. The first-order valence-electron chi connectivity index (χ1n) is 7.96. The Morgan fingerprint density at radius 2 is 1.80 bits per heavy atom. The Balaban J connectivity index is 2.32. The van der Waals surface area contributed by atoms with Crippen molar-refractivity contribution in [2.45, 2.75) is 30.1 Å². The minimum absolute atomic E-state index is 0.0158. The predicted octanol–water partition coefficient (Wildman–Crippen LogP) is 3.42. The highest BCUT2D eigenvalue weighted by molar-refractivity contribution is 7.91. The molecule has 1 amide bonds. The molecule has 5 nitrogen and oxygen atoms in total. The van der Waals surface area contributed by atoms with Gasteiger partial charge in [-0.15, -0.1) is 0 Å². The standard InChI is InChI=1S/C18H21ClN2O3S/c1-3-10-20-18(22)12-21-16-9-6-14(19)11-17(16)25(23,24)15-7-4-13(2)5-8-15/h4-9,11,21H,3,10,12H2,1-2H3,(H,20,22). The molecule has 0 atom stereocenters. The number of carbonyl (C=O) groups excluding carboxylic acids is 1. The number of carbonyl (C=O) groups is 1. The molecule has 134 valence electrons. The molecule has 0 aliphatic rings. The van der Waals surface area contributed by atoms with Crippen molar-refractivity contribution >= 4 is 33.0 Å². The maximum Gasteiger partial charge on any atom is 0.239 e. The second-order valence-corrected chi connectivity index (χ2v) is 8.02. The van der Waals surface area contributed by atoms with Gasteiger partial charge in [-0.25, -0.2) is 8.42 Å². The Kier molecular flexibility index (Phi) is 6.45. The van der Waals surface area contributed by atoms with E-state index in [9.17, 15) is 13.2 Å². The molecule has 2 N–H and O–H groups in total. The number of rotatable bonds is 7. The molecule has 0 saturated carbocycles. The number of amides is 1. The Hall–Kier alpha value is -2.05. The SMILES string of the molecule is CCCNC(=O)CNc1ccc(Cl)cc1S(=O)(=O)c1ccc(C)cc1. The molecule has 0 radical (unpaired) electrons. The summed E-state index contributed by atoms with van der Waals surface area (Å²) in [5, 5.41) is 5.93. The second-order valence-electron chi connectivity index (χ2n) is 5.66. The molecule has 0 bridgehead atoms. The molecule has 0 spiro atoms. The van der Waals surface area contributed by atoms with Crippen LogP contribution in [0.3, 0.4) is 0 Å². The largest absolute Gasteiger partial charge is 0.375 e. The van der Waals surface area contributed by atoms with Crippen LogP contribution in [0.2, 0.25) is 5.02 Å². The maximum absolute atomic E-state index is 12.9. The van der Waals surface area contributed by atoms with E-state index < -0.39 is 9.84 Å². The minimum atomic E-state index is -3.75. The summed E-state index contributed by atoms with van der Waals surface area (Å²) in [7, 11) is -3.75. The van der Waals surface area contributed by atoms with Gasteiger partial charge in [-0.05, 0) is 43.7 Å². The summed E-state index contributed by atoms with van der Waals surface area (Å²) >= 11 is 6.00. The van der Waals surface area contributed by atoms with Crippen molar-refractivity contribution in [2.75, 3.05) is 18.4 Å². The third-order valence-corrected chi connectivity index (χ3v) is 5.62. The number of sulfone groups is 1. The van der Waals surface area contributed by atoms with Crippen LogP contribution >= 0.6 is 11.6 Å². The van der Waals surface area contributed by atoms with Gasteiger partial charge < -0.3 is 10.6 Å². The van der Waals surface area contributed by atoms with Crippen LogP contribution in [0.1, 0.15) is 18.9 Å². The minimum Gasteiger partial charge on any atom is -0.375 e. The molecular weight excluding hydrogens is 360 g/mol. The first kappa shape index (κ1) is 19.3. The van der Waals surface area contributed by atoms with Crippen LogP contribution < -0.4 is 10.6 Å². The van der Waals surface area contributed by atoms with Crippen molar-refractivity contribution < 1.29 is 13.2 Å². The van der Waals surface area contributed by atoms with E-state index in [1.807, 2.05) is 13.8 Å². The number of aryl methyl sites for hydroxylation is 1. The average molecular weight is 381 g/mol. The fraction of sp³-hybridized carbons (Fsp3) is 0.278. The van der Waals surface area contributed by atoms with Gasteiger partial charge in [-0.3, -0.25) is 4.79 Å². The van der Waals surface area contributed by atoms with Crippen molar-refractivity contribution in [3.63, 3.8) is 0 Å². The molecule has 0 aliphatic carbocycles. The summed E-state index contributed by atoms with van der Waals surface area (Å²) in [5.74, 6) is -0.199. The molecule has 2 aromatic carbocycles. The monoisotopic (exact) mass is 380 g/mol. The van der Waals surface area contributed by atoms with Crippen molar-refractivity contribution in [1.82, 2.24) is 5.32 Å². The van der Waals surface area contributed by atoms with Gasteiger partial charge in [0.1, 0.15) is 0 Å². The summed E-state index contributed by atoms with van der Waals surface area (Å²) in [6.07, 6.45) is 0.833. The van der Waals surface area contributed by atoms with Gasteiger partial charge in [0.2, 0.25) is 15.7 Å². The lowest BCUT2D eigenvalue weighted by molar-refractivity contribution is -0.119. The van der Waals surface area contributed by atoms with Gasteiger partial charge >= 0.3 is 0 Å². The van der Waals surface area contributed by atoms with Crippen LogP contribution in [0.15, 0.2) is 52.3 Å². The van der Waals surface area contributed by atoms with Crippen molar-refractivity contribution in [3.8, 4) is 0 Å². The van der Waals surface area contributed by atoms with Crippen LogP contribution in [-0.2, 0) is 14.6 Å². The van der Waals surface area contributed by atoms with E-state index in [-0.39, 0.29) is 22.2 Å². The van der Waals surface area contributed by atoms with E-state index in [1.165, 1.54) is 6.07 Å². The van der Waals surface area contributed by atoms with E-state index in [4.69, 9.17) is 11.6 Å². The van der Waals surface area contributed by atoms with Gasteiger partial charge in [0.15, 0.2) is 0 Å². The zero-order valence-electron chi connectivity index (χ0n) is 14.2. The molecule has 2 rings (SSSR count). The van der Waals surface area contributed by atoms with Gasteiger partial charge in [0, 0.05) is 11.6 Å². The topological polar surface area (TPSA) is 75.3 Å². The van der Waals surface area contributed by atoms with Crippen LogP contribution in [0.25, 0.3) is 0 Å².